The summed E-state index contributed by atoms with van der Waals surface area (Å²) in [7, 11) is 0. The van der Waals surface area contributed by atoms with Crippen molar-refractivity contribution in [3.8, 4) is 0 Å². The highest BCUT2D eigenvalue weighted by molar-refractivity contribution is 6.04. The second-order valence-electron chi connectivity index (χ2n) is 5.20. The van der Waals surface area contributed by atoms with Crippen molar-refractivity contribution in [1.82, 2.24) is 0 Å². The Morgan fingerprint density at radius 1 is 0.875 bits per heavy atom. The van der Waals surface area contributed by atoms with Crippen LogP contribution >= 0.6 is 0 Å². The van der Waals surface area contributed by atoms with Gasteiger partial charge < -0.3 is 5.32 Å². The number of carbonyl (C=O) groups excluding carboxylic acids is 1. The van der Waals surface area contributed by atoms with Crippen LogP contribution < -0.4 is 5.32 Å². The van der Waals surface area contributed by atoms with E-state index < -0.39 is 40.6 Å². The molecule has 0 fully saturated rings. The van der Waals surface area contributed by atoms with E-state index in [-0.39, 0.29) is 5.69 Å². The summed E-state index contributed by atoms with van der Waals surface area (Å²) in [6, 6.07) is 6.41. The maximum atomic E-state index is 13.6. The maximum absolute atomic E-state index is 13.6. The summed E-state index contributed by atoms with van der Waals surface area (Å²) < 4.78 is 66.4. The summed E-state index contributed by atoms with van der Waals surface area (Å²) in [6.07, 6.45) is 2.83. The van der Waals surface area contributed by atoms with E-state index in [1.807, 2.05) is 6.92 Å². The van der Waals surface area contributed by atoms with Crippen LogP contribution in [0, 0.1) is 29.1 Å². The smallest absolute Gasteiger partial charge is 0.261 e. The number of rotatable bonds is 5. The van der Waals surface area contributed by atoms with Gasteiger partial charge in [0.15, 0.2) is 23.3 Å². The van der Waals surface area contributed by atoms with Gasteiger partial charge >= 0.3 is 0 Å². The summed E-state index contributed by atoms with van der Waals surface area (Å²) in [5, 5.41) is 2.12. The Balaban J connectivity index is 2.24. The van der Waals surface area contributed by atoms with E-state index in [1.165, 1.54) is 12.1 Å². The molecule has 2 rings (SSSR count). The van der Waals surface area contributed by atoms with Gasteiger partial charge in [-0.15, -0.1) is 0 Å². The molecule has 24 heavy (non-hydrogen) atoms. The van der Waals surface area contributed by atoms with Crippen molar-refractivity contribution in [3.63, 3.8) is 0 Å². The Bertz CT molecular complexity index is 730. The molecule has 0 spiro atoms. The highest BCUT2D eigenvalue weighted by Gasteiger charge is 2.29. The van der Waals surface area contributed by atoms with Gasteiger partial charge in [0.2, 0.25) is 5.82 Å². The number of benzene rings is 2. The minimum Gasteiger partial charge on any atom is -0.322 e. The minimum atomic E-state index is -2.30. The molecule has 7 heteroatoms. The molecule has 2 aromatic rings. The van der Waals surface area contributed by atoms with Gasteiger partial charge in [0, 0.05) is 5.69 Å². The molecule has 0 aliphatic heterocycles. The van der Waals surface area contributed by atoms with E-state index in [1.54, 1.807) is 12.1 Å². The molecule has 0 aromatic heterocycles. The molecular formula is C17H14F5NO. The van der Waals surface area contributed by atoms with Crippen LogP contribution in [0.4, 0.5) is 27.6 Å². The van der Waals surface area contributed by atoms with Crippen LogP contribution in [0.3, 0.4) is 0 Å². The van der Waals surface area contributed by atoms with Crippen LogP contribution in [0.15, 0.2) is 24.3 Å². The second kappa shape index (κ2) is 7.42. The Morgan fingerprint density at radius 2 is 1.38 bits per heavy atom. The van der Waals surface area contributed by atoms with Crippen molar-refractivity contribution >= 4 is 11.6 Å². The average Bonchev–Trinajstić information content (AvgIpc) is 2.58. The summed E-state index contributed by atoms with van der Waals surface area (Å²) in [6.45, 7) is 2.04. The van der Waals surface area contributed by atoms with Gasteiger partial charge in [-0.1, -0.05) is 25.5 Å². The first-order valence-corrected chi connectivity index (χ1v) is 7.28. The quantitative estimate of drug-likeness (QED) is 0.463. The Labute approximate surface area is 135 Å². The van der Waals surface area contributed by atoms with Gasteiger partial charge in [-0.25, -0.2) is 22.0 Å². The van der Waals surface area contributed by atoms with Gasteiger partial charge in [0.1, 0.15) is 5.56 Å². The van der Waals surface area contributed by atoms with Crippen LogP contribution in [-0.4, -0.2) is 5.91 Å². The van der Waals surface area contributed by atoms with Crippen molar-refractivity contribution in [2.45, 2.75) is 26.2 Å². The molecule has 0 unspecified atom stereocenters. The third-order valence-electron chi connectivity index (χ3n) is 3.47. The third kappa shape index (κ3) is 3.55. The van der Waals surface area contributed by atoms with E-state index in [9.17, 15) is 26.7 Å². The molecule has 0 atom stereocenters. The van der Waals surface area contributed by atoms with E-state index in [4.69, 9.17) is 0 Å². The van der Waals surface area contributed by atoms with Gasteiger partial charge in [0.25, 0.3) is 5.91 Å². The Morgan fingerprint density at radius 3 is 1.88 bits per heavy atom. The second-order valence-corrected chi connectivity index (χ2v) is 5.20. The van der Waals surface area contributed by atoms with Crippen LogP contribution in [0.5, 0.6) is 0 Å². The standard InChI is InChI=1S/C17H14F5NO/c1-2-3-4-9-5-7-10(8-6-9)23-17(24)11-12(18)14(20)16(22)15(21)13(11)19/h5-8H,2-4H2,1H3,(H,23,24). The highest BCUT2D eigenvalue weighted by atomic mass is 19.2. The minimum absolute atomic E-state index is 0.184. The molecule has 0 heterocycles. The predicted octanol–water partition coefficient (Wildman–Crippen LogP) is 4.98. The first-order valence-electron chi connectivity index (χ1n) is 7.28. The molecule has 0 bridgehead atoms. The molecule has 0 radical (unpaired) electrons. The van der Waals surface area contributed by atoms with Crippen LogP contribution in [0.1, 0.15) is 35.7 Å². The molecule has 0 aliphatic carbocycles. The molecule has 128 valence electrons. The van der Waals surface area contributed by atoms with Crippen molar-refractivity contribution in [3.05, 3.63) is 64.5 Å². The van der Waals surface area contributed by atoms with Crippen LogP contribution in [0.25, 0.3) is 0 Å². The Kier molecular flexibility index (Phi) is 5.54. The van der Waals surface area contributed by atoms with Crippen molar-refractivity contribution in [2.75, 3.05) is 5.32 Å². The Hall–Kier alpha value is -2.44. The fourth-order valence-corrected chi connectivity index (χ4v) is 2.13. The first kappa shape index (κ1) is 17.9. The van der Waals surface area contributed by atoms with Gasteiger partial charge in [0.05, 0.1) is 0 Å². The zero-order chi connectivity index (χ0) is 17.9. The van der Waals surface area contributed by atoms with Crippen molar-refractivity contribution < 1.29 is 26.7 Å². The number of halogens is 5. The highest BCUT2D eigenvalue weighted by Crippen LogP contribution is 2.24. The largest absolute Gasteiger partial charge is 0.322 e. The molecule has 0 aliphatic rings. The lowest BCUT2D eigenvalue weighted by Gasteiger charge is -2.09. The van der Waals surface area contributed by atoms with E-state index >= 15 is 0 Å². The van der Waals surface area contributed by atoms with E-state index in [0.717, 1.165) is 24.8 Å². The van der Waals surface area contributed by atoms with E-state index in [0.29, 0.717) is 0 Å². The summed E-state index contributed by atoms with van der Waals surface area (Å²) in [5.74, 6) is -12.4. The first-order chi connectivity index (χ1) is 11.4. The average molecular weight is 343 g/mol. The molecular weight excluding hydrogens is 329 g/mol. The van der Waals surface area contributed by atoms with Gasteiger partial charge in [-0.2, -0.15) is 0 Å². The SMILES string of the molecule is CCCCc1ccc(NC(=O)c2c(F)c(F)c(F)c(F)c2F)cc1. The lowest BCUT2D eigenvalue weighted by molar-refractivity contribution is 0.101. The zero-order valence-corrected chi connectivity index (χ0v) is 12.7. The number of nitrogens with one attached hydrogen (secondary N) is 1. The van der Waals surface area contributed by atoms with E-state index in [2.05, 4.69) is 5.32 Å². The fourth-order valence-electron chi connectivity index (χ4n) is 2.13. The summed E-state index contributed by atoms with van der Waals surface area (Å²) in [4.78, 5) is 11.9. The number of hydrogen-bond donors (Lipinski definition) is 1. The number of hydrogen-bond acceptors (Lipinski definition) is 1. The fraction of sp³-hybridized carbons (Fsp3) is 0.235. The number of aryl methyl sites for hydroxylation is 1. The lowest BCUT2D eigenvalue weighted by atomic mass is 10.1. The molecule has 2 aromatic carbocycles. The number of carbonyl (C=O) groups is 1. The molecule has 0 saturated carbocycles. The number of anilines is 1. The van der Waals surface area contributed by atoms with Crippen LogP contribution in [-0.2, 0) is 6.42 Å². The monoisotopic (exact) mass is 343 g/mol. The van der Waals surface area contributed by atoms with Crippen molar-refractivity contribution in [1.29, 1.82) is 0 Å². The summed E-state index contributed by atoms with van der Waals surface area (Å²) >= 11 is 0. The zero-order valence-electron chi connectivity index (χ0n) is 12.7. The predicted molar refractivity (Wildman–Crippen MR) is 79.2 cm³/mol. The number of amides is 1. The molecule has 2 nitrogen and oxygen atoms in total. The molecule has 1 amide bonds. The van der Waals surface area contributed by atoms with Gasteiger partial charge in [-0.05, 0) is 30.5 Å². The topological polar surface area (TPSA) is 29.1 Å². The number of unbranched alkanes of at least 4 members (excludes halogenated alkanes) is 1. The normalized spacial score (nSPS) is 10.8. The molecule has 1 N–H and O–H groups in total. The maximum Gasteiger partial charge on any atom is 0.261 e. The summed E-state index contributed by atoms with van der Waals surface area (Å²) in [5.41, 5.74) is -0.322. The van der Waals surface area contributed by atoms with Crippen LogP contribution in [0.2, 0.25) is 0 Å². The van der Waals surface area contributed by atoms with Gasteiger partial charge in [-0.3, -0.25) is 4.79 Å². The molecule has 0 saturated heterocycles. The third-order valence-corrected chi connectivity index (χ3v) is 3.47. The van der Waals surface area contributed by atoms with Crippen molar-refractivity contribution in [2.24, 2.45) is 0 Å². The lowest BCUT2D eigenvalue weighted by Crippen LogP contribution is -2.19.